The number of likely N-dealkylation sites (tertiary alicyclic amines) is 1. The van der Waals surface area contributed by atoms with Crippen LogP contribution >= 0.6 is 11.6 Å². The molecule has 1 fully saturated rings. The van der Waals surface area contributed by atoms with Gasteiger partial charge in [-0.15, -0.1) is 0 Å². The predicted molar refractivity (Wildman–Crippen MR) is 72.2 cm³/mol. The molecule has 1 atom stereocenters. The molecule has 6 heteroatoms. The van der Waals surface area contributed by atoms with E-state index in [1.807, 2.05) is 4.90 Å². The van der Waals surface area contributed by atoms with Crippen molar-refractivity contribution in [2.24, 2.45) is 0 Å². The fourth-order valence-corrected chi connectivity index (χ4v) is 2.67. The van der Waals surface area contributed by atoms with Crippen LogP contribution in [0.1, 0.15) is 24.8 Å². The lowest BCUT2D eigenvalue weighted by molar-refractivity contribution is -0.385. The first kappa shape index (κ1) is 14.0. The molecule has 0 saturated carbocycles. The molecule has 1 aliphatic rings. The van der Waals surface area contributed by atoms with E-state index in [1.165, 1.54) is 6.07 Å². The van der Waals surface area contributed by atoms with Gasteiger partial charge in [-0.2, -0.15) is 0 Å². The van der Waals surface area contributed by atoms with Crippen molar-refractivity contribution < 1.29 is 9.72 Å². The number of rotatable bonds is 4. The predicted octanol–water partition coefficient (Wildman–Crippen LogP) is 2.80. The van der Waals surface area contributed by atoms with E-state index in [0.717, 1.165) is 32.1 Å². The highest BCUT2D eigenvalue weighted by Crippen LogP contribution is 2.29. The topological polar surface area (TPSA) is 63.5 Å². The molecule has 1 aliphatic heterocycles. The van der Waals surface area contributed by atoms with Gasteiger partial charge in [0.25, 0.3) is 5.69 Å². The molecule has 0 spiro atoms. The van der Waals surface area contributed by atoms with Crippen LogP contribution in [0, 0.1) is 10.1 Å². The molecule has 0 bridgehead atoms. The fourth-order valence-electron chi connectivity index (χ4n) is 2.45. The average Bonchev–Trinajstić information content (AvgIpc) is 2.41. The van der Waals surface area contributed by atoms with E-state index < -0.39 is 4.92 Å². The van der Waals surface area contributed by atoms with E-state index in [-0.39, 0.29) is 11.7 Å². The number of carbonyl (C=O) groups is 1. The maximum Gasteiger partial charge on any atom is 0.275 e. The maximum absolute atomic E-state index is 11.1. The molecule has 1 saturated heterocycles. The lowest BCUT2D eigenvalue weighted by atomic mass is 10.0. The second-order valence-electron chi connectivity index (χ2n) is 4.66. The Kier molecular flexibility index (Phi) is 4.50. The number of hydrogen-bond donors (Lipinski definition) is 0. The van der Waals surface area contributed by atoms with Crippen LogP contribution in [0.15, 0.2) is 18.2 Å². The molecule has 1 aromatic rings. The number of hydrogen-bond acceptors (Lipinski definition) is 4. The van der Waals surface area contributed by atoms with Crippen LogP contribution in [0.5, 0.6) is 0 Å². The van der Waals surface area contributed by atoms with Gasteiger partial charge in [0.05, 0.1) is 21.6 Å². The Morgan fingerprint density at radius 2 is 2.26 bits per heavy atom. The minimum Gasteiger partial charge on any atom is -0.302 e. The van der Waals surface area contributed by atoms with Gasteiger partial charge in [0, 0.05) is 12.6 Å². The lowest BCUT2D eigenvalue weighted by Gasteiger charge is -2.32. The number of nitrogens with zero attached hydrogens (tertiary/aromatic N) is 2. The van der Waals surface area contributed by atoms with Gasteiger partial charge in [-0.1, -0.05) is 24.1 Å². The number of piperidine rings is 1. The van der Waals surface area contributed by atoms with Gasteiger partial charge >= 0.3 is 0 Å². The van der Waals surface area contributed by atoms with Crippen molar-refractivity contribution in [3.05, 3.63) is 38.9 Å². The van der Waals surface area contributed by atoms with Crippen molar-refractivity contribution in [1.29, 1.82) is 0 Å². The van der Waals surface area contributed by atoms with Crippen LogP contribution in [0.4, 0.5) is 5.69 Å². The normalized spacial score (nSPS) is 20.2. The average molecular weight is 283 g/mol. The third-order valence-corrected chi connectivity index (χ3v) is 3.83. The molecule has 19 heavy (non-hydrogen) atoms. The van der Waals surface area contributed by atoms with Crippen molar-refractivity contribution >= 4 is 23.6 Å². The Bertz CT molecular complexity index is 493. The Labute approximate surface area is 116 Å². The second kappa shape index (κ2) is 6.12. The van der Waals surface area contributed by atoms with Gasteiger partial charge in [-0.25, -0.2) is 0 Å². The van der Waals surface area contributed by atoms with Crippen molar-refractivity contribution in [1.82, 2.24) is 4.90 Å². The molecule has 0 N–H and O–H groups in total. The number of halogens is 1. The first-order valence-electron chi connectivity index (χ1n) is 6.24. The van der Waals surface area contributed by atoms with Gasteiger partial charge in [-0.05, 0) is 25.5 Å². The third kappa shape index (κ3) is 3.11. The lowest BCUT2D eigenvalue weighted by Crippen LogP contribution is -2.40. The fraction of sp³-hybridized carbons (Fsp3) is 0.462. The number of aldehydes is 1. The van der Waals surface area contributed by atoms with Crippen molar-refractivity contribution in [2.75, 3.05) is 6.54 Å². The van der Waals surface area contributed by atoms with Crippen LogP contribution in [-0.2, 0) is 11.3 Å². The van der Waals surface area contributed by atoms with E-state index in [0.29, 0.717) is 17.1 Å². The largest absolute Gasteiger partial charge is 0.302 e. The first-order valence-corrected chi connectivity index (χ1v) is 6.62. The molecule has 0 aromatic heterocycles. The first-order chi connectivity index (χ1) is 9.13. The molecule has 0 amide bonds. The number of nitro groups is 1. The molecule has 1 unspecified atom stereocenters. The van der Waals surface area contributed by atoms with Crippen LogP contribution in [0.3, 0.4) is 0 Å². The third-order valence-electron chi connectivity index (χ3n) is 3.47. The van der Waals surface area contributed by atoms with E-state index in [2.05, 4.69) is 0 Å². The van der Waals surface area contributed by atoms with Gasteiger partial charge < -0.3 is 4.79 Å². The molecular weight excluding hydrogens is 268 g/mol. The summed E-state index contributed by atoms with van der Waals surface area (Å²) in [4.78, 5) is 23.6. The standard InChI is InChI=1S/C13H15ClN2O3/c14-12-5-3-6-13(16(18)19)11(12)8-15-7-2-1-4-10(15)9-17/h3,5-6,9-10H,1-2,4,7-8H2. The van der Waals surface area contributed by atoms with Gasteiger partial charge in [-0.3, -0.25) is 15.0 Å². The second-order valence-corrected chi connectivity index (χ2v) is 5.07. The maximum atomic E-state index is 11.1. The van der Waals surface area contributed by atoms with Crippen LogP contribution in [0.25, 0.3) is 0 Å². The Morgan fingerprint density at radius 3 is 2.95 bits per heavy atom. The minimum absolute atomic E-state index is 0.0164. The zero-order valence-electron chi connectivity index (χ0n) is 10.4. The molecule has 2 rings (SSSR count). The van der Waals surface area contributed by atoms with E-state index >= 15 is 0 Å². The van der Waals surface area contributed by atoms with E-state index in [4.69, 9.17) is 11.6 Å². The van der Waals surface area contributed by atoms with Crippen molar-refractivity contribution in [2.45, 2.75) is 31.8 Å². The number of carbonyl (C=O) groups excluding carboxylic acids is 1. The zero-order chi connectivity index (χ0) is 13.8. The summed E-state index contributed by atoms with van der Waals surface area (Å²) >= 11 is 6.06. The molecule has 102 valence electrons. The summed E-state index contributed by atoms with van der Waals surface area (Å²) < 4.78 is 0. The summed E-state index contributed by atoms with van der Waals surface area (Å²) in [5.41, 5.74) is 0.505. The molecular formula is C13H15ClN2O3. The monoisotopic (exact) mass is 282 g/mol. The minimum atomic E-state index is -0.429. The van der Waals surface area contributed by atoms with Gasteiger partial charge in [0.15, 0.2) is 0 Å². The summed E-state index contributed by atoms with van der Waals surface area (Å²) in [5.74, 6) is 0. The summed E-state index contributed by atoms with van der Waals surface area (Å²) in [6.07, 6.45) is 3.75. The summed E-state index contributed by atoms with van der Waals surface area (Å²) in [7, 11) is 0. The van der Waals surface area contributed by atoms with Crippen LogP contribution < -0.4 is 0 Å². The summed E-state index contributed by atoms with van der Waals surface area (Å²) in [6.45, 7) is 1.12. The molecule has 1 aromatic carbocycles. The van der Waals surface area contributed by atoms with Gasteiger partial charge in [0.2, 0.25) is 0 Å². The van der Waals surface area contributed by atoms with Crippen molar-refractivity contribution in [3.63, 3.8) is 0 Å². The number of nitro benzene ring substituents is 1. The highest BCUT2D eigenvalue weighted by molar-refractivity contribution is 6.31. The highest BCUT2D eigenvalue weighted by atomic mass is 35.5. The Morgan fingerprint density at radius 1 is 1.47 bits per heavy atom. The highest BCUT2D eigenvalue weighted by Gasteiger charge is 2.25. The summed E-state index contributed by atoms with van der Waals surface area (Å²) in [6, 6.07) is 4.49. The van der Waals surface area contributed by atoms with Crippen molar-refractivity contribution in [3.8, 4) is 0 Å². The zero-order valence-corrected chi connectivity index (χ0v) is 11.2. The Hall–Kier alpha value is -1.46. The quantitative estimate of drug-likeness (QED) is 0.484. The van der Waals surface area contributed by atoms with E-state index in [1.54, 1.807) is 12.1 Å². The molecule has 1 heterocycles. The molecule has 0 aliphatic carbocycles. The van der Waals surface area contributed by atoms with Crippen LogP contribution in [0.2, 0.25) is 5.02 Å². The number of benzene rings is 1. The molecule has 0 radical (unpaired) electrons. The van der Waals surface area contributed by atoms with Gasteiger partial charge in [0.1, 0.15) is 6.29 Å². The Balaban J connectivity index is 2.26. The van der Waals surface area contributed by atoms with Crippen LogP contribution in [-0.4, -0.2) is 28.7 Å². The SMILES string of the molecule is O=CC1CCCCN1Cc1c(Cl)cccc1[N+](=O)[O-]. The van der Waals surface area contributed by atoms with E-state index in [9.17, 15) is 14.9 Å². The summed E-state index contributed by atoms with van der Waals surface area (Å²) in [5, 5.41) is 11.4. The molecule has 5 nitrogen and oxygen atoms in total. The smallest absolute Gasteiger partial charge is 0.275 e.